The van der Waals surface area contributed by atoms with Gasteiger partial charge in [-0.15, -0.1) is 0 Å². The summed E-state index contributed by atoms with van der Waals surface area (Å²) in [4.78, 5) is 30.9. The Bertz CT molecular complexity index is 453. The first kappa shape index (κ1) is 17.6. The van der Waals surface area contributed by atoms with Crippen LogP contribution >= 0.6 is 0 Å². The van der Waals surface area contributed by atoms with E-state index in [4.69, 9.17) is 9.84 Å². The van der Waals surface area contributed by atoms with Crippen molar-refractivity contribution in [3.8, 4) is 11.5 Å². The van der Waals surface area contributed by atoms with Crippen LogP contribution in [0, 0.1) is 0 Å². The minimum atomic E-state index is -0.457. The summed E-state index contributed by atoms with van der Waals surface area (Å²) in [6.07, 6.45) is 1.21. The summed E-state index contributed by atoms with van der Waals surface area (Å²) in [5, 5.41) is 9.09. The molecular weight excluding hydrogens is 264 g/mol. The van der Waals surface area contributed by atoms with Crippen molar-refractivity contribution in [3.63, 3.8) is 0 Å². The number of carbonyl (C=O) groups excluding carboxylic acids is 3. The summed E-state index contributed by atoms with van der Waals surface area (Å²) in [6.45, 7) is 3.29. The first-order valence-electron chi connectivity index (χ1n) is 6.04. The number of aldehydes is 1. The van der Waals surface area contributed by atoms with Gasteiger partial charge in [-0.25, -0.2) is 0 Å². The lowest BCUT2D eigenvalue weighted by molar-refractivity contribution is -0.159. The highest BCUT2D eigenvalue weighted by Gasteiger charge is 2.03. The van der Waals surface area contributed by atoms with Gasteiger partial charge in [0.25, 0.3) is 0 Å². The van der Waals surface area contributed by atoms with Crippen molar-refractivity contribution in [2.45, 2.75) is 26.7 Å². The summed E-state index contributed by atoms with van der Waals surface area (Å²) in [6, 6.07) is 4.41. The van der Waals surface area contributed by atoms with Gasteiger partial charge < -0.3 is 14.6 Å². The van der Waals surface area contributed by atoms with Gasteiger partial charge >= 0.3 is 11.9 Å². The second kappa shape index (κ2) is 9.55. The van der Waals surface area contributed by atoms with Gasteiger partial charge in [-0.3, -0.25) is 14.4 Å². The van der Waals surface area contributed by atoms with Gasteiger partial charge in [-0.2, -0.15) is 0 Å². The van der Waals surface area contributed by atoms with Crippen molar-refractivity contribution in [2.75, 3.05) is 7.11 Å². The Labute approximate surface area is 117 Å². The third kappa shape index (κ3) is 6.53. The number of hydrogen-bond acceptors (Lipinski definition) is 6. The van der Waals surface area contributed by atoms with E-state index < -0.39 is 11.9 Å². The number of phenolic OH excluding ortho intramolecular Hbond substituents is 1. The van der Waals surface area contributed by atoms with E-state index in [1.807, 2.05) is 0 Å². The number of aromatic hydroxyl groups is 1. The fourth-order valence-corrected chi connectivity index (χ4v) is 1.04. The maximum absolute atomic E-state index is 10.3. The van der Waals surface area contributed by atoms with E-state index in [1.54, 1.807) is 13.8 Å². The highest BCUT2D eigenvalue weighted by atomic mass is 16.6. The number of ether oxygens (including phenoxy) is 2. The second-order valence-corrected chi connectivity index (χ2v) is 3.60. The molecule has 0 saturated heterocycles. The Morgan fingerprint density at radius 2 is 1.75 bits per heavy atom. The summed E-state index contributed by atoms with van der Waals surface area (Å²) in [5.41, 5.74) is 0.486. The summed E-state index contributed by atoms with van der Waals surface area (Å²) < 4.78 is 9.05. The van der Waals surface area contributed by atoms with Crippen LogP contribution in [-0.2, 0) is 14.3 Å². The van der Waals surface area contributed by atoms with Gasteiger partial charge in [-0.05, 0) is 18.2 Å². The van der Waals surface area contributed by atoms with E-state index in [-0.39, 0.29) is 18.6 Å². The van der Waals surface area contributed by atoms with E-state index in [0.29, 0.717) is 17.6 Å². The fraction of sp³-hybridized carbons (Fsp3) is 0.357. The molecule has 1 aromatic carbocycles. The normalized spacial score (nSPS) is 8.95. The van der Waals surface area contributed by atoms with Gasteiger partial charge in [0.1, 0.15) is 6.29 Å². The smallest absolute Gasteiger partial charge is 0.313 e. The van der Waals surface area contributed by atoms with Gasteiger partial charge in [0.15, 0.2) is 11.5 Å². The van der Waals surface area contributed by atoms with E-state index >= 15 is 0 Å². The molecule has 0 amide bonds. The Morgan fingerprint density at radius 3 is 2.15 bits per heavy atom. The zero-order valence-electron chi connectivity index (χ0n) is 11.7. The first-order valence-corrected chi connectivity index (χ1v) is 6.04. The van der Waals surface area contributed by atoms with Crippen molar-refractivity contribution >= 4 is 18.2 Å². The molecule has 110 valence electrons. The van der Waals surface area contributed by atoms with Crippen LogP contribution in [0.25, 0.3) is 0 Å². The quantitative estimate of drug-likeness (QED) is 0.516. The maximum atomic E-state index is 10.3. The van der Waals surface area contributed by atoms with Crippen molar-refractivity contribution in [2.24, 2.45) is 0 Å². The molecule has 0 fully saturated rings. The van der Waals surface area contributed by atoms with E-state index in [9.17, 15) is 14.4 Å². The summed E-state index contributed by atoms with van der Waals surface area (Å²) in [5.74, 6) is -0.559. The standard InChI is InChI=1S/C8H8O3.C6H10O3/c1-11-8-4-6(5-9)2-3-7(8)10;1-3-5(7)9-6(8)4-2/h2-5,10H,1H3;3-4H2,1-2H3. The average Bonchev–Trinajstić information content (AvgIpc) is 2.48. The van der Waals surface area contributed by atoms with Crippen LogP contribution in [-0.4, -0.2) is 30.4 Å². The molecule has 0 atom stereocenters. The predicted octanol–water partition coefficient (Wildman–Crippen LogP) is 2.09. The monoisotopic (exact) mass is 282 g/mol. The minimum absolute atomic E-state index is 0.0399. The number of methoxy groups -OCH3 is 1. The highest BCUT2D eigenvalue weighted by molar-refractivity contribution is 5.84. The molecule has 0 bridgehead atoms. The van der Waals surface area contributed by atoms with Gasteiger partial charge in [0.05, 0.1) is 7.11 Å². The van der Waals surface area contributed by atoms with E-state index in [1.165, 1.54) is 25.3 Å². The molecule has 0 aliphatic rings. The lowest BCUT2D eigenvalue weighted by Crippen LogP contribution is -2.09. The van der Waals surface area contributed by atoms with Crippen LogP contribution in [0.2, 0.25) is 0 Å². The van der Waals surface area contributed by atoms with Gasteiger partial charge in [0.2, 0.25) is 0 Å². The molecular formula is C14H18O6. The zero-order chi connectivity index (χ0) is 15.5. The van der Waals surface area contributed by atoms with Crippen molar-refractivity contribution < 1.29 is 29.0 Å². The molecule has 6 nitrogen and oxygen atoms in total. The number of benzene rings is 1. The topological polar surface area (TPSA) is 89.9 Å². The average molecular weight is 282 g/mol. The Balaban J connectivity index is 0.000000370. The first-order chi connectivity index (χ1) is 9.48. The predicted molar refractivity (Wildman–Crippen MR) is 71.7 cm³/mol. The lowest BCUT2D eigenvalue weighted by Gasteiger charge is -2.01. The molecule has 0 radical (unpaired) electrons. The maximum Gasteiger partial charge on any atom is 0.313 e. The van der Waals surface area contributed by atoms with Crippen LogP contribution < -0.4 is 4.74 Å². The number of hydrogen-bond donors (Lipinski definition) is 1. The molecule has 20 heavy (non-hydrogen) atoms. The Morgan fingerprint density at radius 1 is 1.20 bits per heavy atom. The zero-order valence-corrected chi connectivity index (χ0v) is 11.7. The van der Waals surface area contributed by atoms with Crippen molar-refractivity contribution in [1.82, 2.24) is 0 Å². The van der Waals surface area contributed by atoms with Crippen LogP contribution in [0.4, 0.5) is 0 Å². The molecule has 6 heteroatoms. The molecule has 0 aromatic heterocycles. The number of rotatable bonds is 4. The molecule has 1 rings (SSSR count). The highest BCUT2D eigenvalue weighted by Crippen LogP contribution is 2.25. The SMILES string of the molecule is CCC(=O)OC(=O)CC.COc1cc(C=O)ccc1O. The van der Waals surface area contributed by atoms with Gasteiger partial charge in [0, 0.05) is 18.4 Å². The molecule has 0 aliphatic heterocycles. The molecule has 0 spiro atoms. The van der Waals surface area contributed by atoms with Crippen LogP contribution in [0.1, 0.15) is 37.0 Å². The fourth-order valence-electron chi connectivity index (χ4n) is 1.04. The summed E-state index contributed by atoms with van der Waals surface area (Å²) in [7, 11) is 1.43. The Kier molecular flexibility index (Phi) is 8.41. The molecule has 0 heterocycles. The third-order valence-corrected chi connectivity index (χ3v) is 2.14. The van der Waals surface area contributed by atoms with Crippen LogP contribution in [0.5, 0.6) is 11.5 Å². The largest absolute Gasteiger partial charge is 0.504 e. The second-order valence-electron chi connectivity index (χ2n) is 3.60. The van der Waals surface area contributed by atoms with Crippen LogP contribution in [0.15, 0.2) is 18.2 Å². The Hall–Kier alpha value is -2.37. The molecule has 1 aromatic rings. The third-order valence-electron chi connectivity index (χ3n) is 2.14. The number of esters is 2. The van der Waals surface area contributed by atoms with Crippen molar-refractivity contribution in [3.05, 3.63) is 23.8 Å². The molecule has 0 aliphatic carbocycles. The minimum Gasteiger partial charge on any atom is -0.504 e. The number of phenols is 1. The van der Waals surface area contributed by atoms with Crippen molar-refractivity contribution in [1.29, 1.82) is 0 Å². The van der Waals surface area contributed by atoms with E-state index in [0.717, 1.165) is 0 Å². The molecule has 1 N–H and O–H groups in total. The number of carbonyl (C=O) groups is 3. The lowest BCUT2D eigenvalue weighted by atomic mass is 10.2. The van der Waals surface area contributed by atoms with E-state index in [2.05, 4.69) is 4.74 Å². The summed E-state index contributed by atoms with van der Waals surface area (Å²) >= 11 is 0. The van der Waals surface area contributed by atoms with Crippen LogP contribution in [0.3, 0.4) is 0 Å². The molecule has 0 saturated carbocycles. The molecule has 0 unspecified atom stereocenters. The van der Waals surface area contributed by atoms with Gasteiger partial charge in [-0.1, -0.05) is 13.8 Å².